The fourth-order valence-corrected chi connectivity index (χ4v) is 2.43. The molecule has 132 valence electrons. The lowest BCUT2D eigenvalue weighted by Crippen LogP contribution is -2.25. The van der Waals surface area contributed by atoms with Crippen molar-refractivity contribution in [3.05, 3.63) is 51.5 Å². The fraction of sp³-hybridized carbons (Fsp3) is 0.176. The van der Waals surface area contributed by atoms with Crippen LogP contribution in [0, 0.1) is 6.92 Å². The standard InChI is InChI=1S/C17H17Cl2N3O3/c1-10-4-3-5-11(6-10)20-9-15(23)22-21-8-12-16(19)13(18)7-14(25-2)17(12)24/h3-8,20,24H,9H2,1-2H3,(H,22,23)/b21-8-. The zero-order valence-electron chi connectivity index (χ0n) is 13.6. The van der Waals surface area contributed by atoms with Gasteiger partial charge in [0.1, 0.15) is 0 Å². The van der Waals surface area contributed by atoms with Gasteiger partial charge in [-0.1, -0.05) is 35.3 Å². The van der Waals surface area contributed by atoms with Crippen molar-refractivity contribution < 1.29 is 14.6 Å². The molecule has 2 rings (SSSR count). The van der Waals surface area contributed by atoms with Gasteiger partial charge in [0, 0.05) is 11.8 Å². The number of amides is 1. The van der Waals surface area contributed by atoms with Crippen LogP contribution >= 0.6 is 23.2 Å². The van der Waals surface area contributed by atoms with Crippen LogP contribution in [0.2, 0.25) is 10.0 Å². The first-order valence-electron chi connectivity index (χ1n) is 7.29. The van der Waals surface area contributed by atoms with Crippen molar-refractivity contribution in [2.24, 2.45) is 5.10 Å². The lowest BCUT2D eigenvalue weighted by molar-refractivity contribution is -0.119. The molecule has 0 aromatic heterocycles. The molecule has 0 saturated carbocycles. The molecular weight excluding hydrogens is 365 g/mol. The molecule has 0 bridgehead atoms. The van der Waals surface area contributed by atoms with Crippen molar-refractivity contribution in [3.63, 3.8) is 0 Å². The summed E-state index contributed by atoms with van der Waals surface area (Å²) in [5.74, 6) is -0.418. The Hall–Kier alpha value is -2.44. The number of nitrogens with zero attached hydrogens (tertiary/aromatic N) is 1. The number of halogens is 2. The maximum atomic E-state index is 11.8. The minimum absolute atomic E-state index is 0.0410. The maximum absolute atomic E-state index is 11.8. The van der Waals surface area contributed by atoms with Gasteiger partial charge in [0.25, 0.3) is 5.91 Å². The van der Waals surface area contributed by atoms with E-state index in [0.717, 1.165) is 11.3 Å². The van der Waals surface area contributed by atoms with Crippen molar-refractivity contribution in [1.82, 2.24) is 5.43 Å². The molecule has 0 aliphatic carbocycles. The molecule has 3 N–H and O–H groups in total. The summed E-state index contributed by atoms with van der Waals surface area (Å²) < 4.78 is 4.99. The summed E-state index contributed by atoms with van der Waals surface area (Å²) >= 11 is 12.0. The van der Waals surface area contributed by atoms with Crippen molar-refractivity contribution in [2.45, 2.75) is 6.92 Å². The van der Waals surface area contributed by atoms with Crippen LogP contribution < -0.4 is 15.5 Å². The Morgan fingerprint density at radius 3 is 2.80 bits per heavy atom. The van der Waals surface area contributed by atoms with E-state index in [2.05, 4.69) is 15.8 Å². The van der Waals surface area contributed by atoms with Gasteiger partial charge < -0.3 is 15.2 Å². The molecular formula is C17H17Cl2N3O3. The van der Waals surface area contributed by atoms with E-state index in [4.69, 9.17) is 27.9 Å². The first-order chi connectivity index (χ1) is 11.9. The molecule has 2 aromatic rings. The minimum atomic E-state index is -0.359. The van der Waals surface area contributed by atoms with Crippen LogP contribution in [0.4, 0.5) is 5.69 Å². The number of anilines is 1. The van der Waals surface area contributed by atoms with E-state index in [-0.39, 0.29) is 39.6 Å². The topological polar surface area (TPSA) is 83.0 Å². The van der Waals surface area contributed by atoms with Crippen LogP contribution in [0.15, 0.2) is 35.4 Å². The van der Waals surface area contributed by atoms with Crippen molar-refractivity contribution in [2.75, 3.05) is 19.0 Å². The molecule has 1 amide bonds. The number of methoxy groups -OCH3 is 1. The quantitative estimate of drug-likeness (QED) is 0.527. The molecule has 0 aliphatic rings. The van der Waals surface area contributed by atoms with Gasteiger partial charge >= 0.3 is 0 Å². The van der Waals surface area contributed by atoms with E-state index in [1.807, 2.05) is 31.2 Å². The highest BCUT2D eigenvalue weighted by atomic mass is 35.5. The highest BCUT2D eigenvalue weighted by Crippen LogP contribution is 2.38. The molecule has 0 spiro atoms. The van der Waals surface area contributed by atoms with Gasteiger partial charge in [0.15, 0.2) is 11.5 Å². The molecule has 0 atom stereocenters. The Bertz CT molecular complexity index is 810. The fourth-order valence-electron chi connectivity index (χ4n) is 2.03. The first-order valence-corrected chi connectivity index (χ1v) is 8.05. The summed E-state index contributed by atoms with van der Waals surface area (Å²) in [5, 5.41) is 17.1. The van der Waals surface area contributed by atoms with E-state index in [0.29, 0.717) is 0 Å². The molecule has 8 heteroatoms. The molecule has 6 nitrogen and oxygen atoms in total. The second kappa shape index (κ2) is 8.60. The van der Waals surface area contributed by atoms with Gasteiger partial charge in [-0.3, -0.25) is 4.79 Å². The number of rotatable bonds is 6. The summed E-state index contributed by atoms with van der Waals surface area (Å²) in [6.07, 6.45) is 1.20. The number of phenols is 1. The maximum Gasteiger partial charge on any atom is 0.259 e. The number of hydrogen-bond donors (Lipinski definition) is 3. The number of carbonyl (C=O) groups excluding carboxylic acids is 1. The van der Waals surface area contributed by atoms with Gasteiger partial charge in [-0.05, 0) is 24.6 Å². The number of nitrogens with one attached hydrogen (secondary N) is 2. The lowest BCUT2D eigenvalue weighted by Gasteiger charge is -2.09. The number of aryl methyl sites for hydroxylation is 1. The van der Waals surface area contributed by atoms with E-state index in [1.165, 1.54) is 19.4 Å². The molecule has 0 saturated heterocycles. The smallest absolute Gasteiger partial charge is 0.259 e. The SMILES string of the molecule is COc1cc(Cl)c(Cl)c(/C=N\NC(=O)CNc2cccc(C)c2)c1O. The summed E-state index contributed by atoms with van der Waals surface area (Å²) in [6, 6.07) is 9.03. The molecule has 2 aromatic carbocycles. The highest BCUT2D eigenvalue weighted by molar-refractivity contribution is 6.43. The largest absolute Gasteiger partial charge is 0.504 e. The van der Waals surface area contributed by atoms with E-state index >= 15 is 0 Å². The lowest BCUT2D eigenvalue weighted by atomic mass is 10.2. The van der Waals surface area contributed by atoms with Crippen LogP contribution in [0.1, 0.15) is 11.1 Å². The van der Waals surface area contributed by atoms with Crippen LogP contribution in [0.5, 0.6) is 11.5 Å². The van der Waals surface area contributed by atoms with Gasteiger partial charge in [0.05, 0.1) is 35.5 Å². The van der Waals surface area contributed by atoms with Crippen LogP contribution in [0.3, 0.4) is 0 Å². The monoisotopic (exact) mass is 381 g/mol. The van der Waals surface area contributed by atoms with Crippen molar-refractivity contribution >= 4 is 41.0 Å². The zero-order chi connectivity index (χ0) is 18.4. The first kappa shape index (κ1) is 18.9. The molecule has 0 aliphatic heterocycles. The summed E-state index contributed by atoms with van der Waals surface area (Å²) in [4.78, 5) is 11.8. The molecule has 0 radical (unpaired) electrons. The average Bonchev–Trinajstić information content (AvgIpc) is 2.59. The predicted octanol–water partition coefficient (Wildman–Crippen LogP) is 3.58. The van der Waals surface area contributed by atoms with Gasteiger partial charge in [-0.2, -0.15) is 5.10 Å². The second-order valence-electron chi connectivity index (χ2n) is 5.15. The number of aromatic hydroxyl groups is 1. The third kappa shape index (κ3) is 5.01. The average molecular weight is 382 g/mol. The molecule has 0 heterocycles. The van der Waals surface area contributed by atoms with Crippen molar-refractivity contribution in [1.29, 1.82) is 0 Å². The molecule has 25 heavy (non-hydrogen) atoms. The van der Waals surface area contributed by atoms with Crippen LogP contribution in [0.25, 0.3) is 0 Å². The minimum Gasteiger partial charge on any atom is -0.504 e. The van der Waals surface area contributed by atoms with Crippen molar-refractivity contribution in [3.8, 4) is 11.5 Å². The van der Waals surface area contributed by atoms with E-state index in [1.54, 1.807) is 0 Å². The van der Waals surface area contributed by atoms with Crippen LogP contribution in [-0.2, 0) is 4.79 Å². The predicted molar refractivity (Wildman–Crippen MR) is 100 cm³/mol. The number of ether oxygens (including phenoxy) is 1. The normalized spacial score (nSPS) is 10.7. The number of carbonyl (C=O) groups is 1. The third-order valence-electron chi connectivity index (χ3n) is 3.27. The Morgan fingerprint density at radius 2 is 2.12 bits per heavy atom. The van der Waals surface area contributed by atoms with Gasteiger partial charge in [-0.15, -0.1) is 0 Å². The Labute approximate surface area is 155 Å². The molecule has 0 fully saturated rings. The second-order valence-corrected chi connectivity index (χ2v) is 5.94. The molecule has 0 unspecified atom stereocenters. The number of hydrazone groups is 1. The Morgan fingerprint density at radius 1 is 1.36 bits per heavy atom. The highest BCUT2D eigenvalue weighted by Gasteiger charge is 2.14. The summed E-state index contributed by atoms with van der Waals surface area (Å²) in [7, 11) is 1.39. The number of phenolic OH excluding ortho intramolecular Hbond substituents is 1. The Kier molecular flexibility index (Phi) is 6.50. The summed E-state index contributed by atoms with van der Waals surface area (Å²) in [6.45, 7) is 2.00. The van der Waals surface area contributed by atoms with Crippen LogP contribution in [-0.4, -0.2) is 30.9 Å². The Balaban J connectivity index is 1.99. The zero-order valence-corrected chi connectivity index (χ0v) is 15.1. The number of benzene rings is 2. The van der Waals surface area contributed by atoms with Gasteiger partial charge in [0.2, 0.25) is 0 Å². The van der Waals surface area contributed by atoms with E-state index < -0.39 is 0 Å². The van der Waals surface area contributed by atoms with E-state index in [9.17, 15) is 9.90 Å². The number of hydrogen-bond acceptors (Lipinski definition) is 5. The van der Waals surface area contributed by atoms with Gasteiger partial charge in [-0.25, -0.2) is 5.43 Å². The third-order valence-corrected chi connectivity index (χ3v) is 4.07. The summed E-state index contributed by atoms with van der Waals surface area (Å²) in [5.41, 5.74) is 4.41.